The smallest absolute Gasteiger partial charge is 0.346 e. The predicted octanol–water partition coefficient (Wildman–Crippen LogP) is 6.94. The van der Waals surface area contributed by atoms with Crippen molar-refractivity contribution >= 4 is 58.0 Å². The fourth-order valence-corrected chi connectivity index (χ4v) is 13.0. The SMILES string of the molecule is CCC(=O)O[C@H]1C(O[C@@H]2[C@@H](C)[C@H](O[C@H]3C[C@@](C)(OC)[C@@H](OC(=O)CCOCCNc4cc5c(=O)c(C(=O)OCOC(=O)C(C)(C)C)cn(C6CC6)c5cc4Cl)[C@H](C)O3)[C@@H](C)C(=O)O[C@H](CC)[C@@](C)(O)[C@H](O)[C@@H](C)N(C)C[C@H](C)C[C@@]2(C)O)O[C@H](C)C[C@@H]1N(C)C. The molecule has 1 aromatic heterocycles. The molecule has 0 amide bonds. The van der Waals surface area contributed by atoms with Gasteiger partial charge in [0.25, 0.3) is 0 Å². The van der Waals surface area contributed by atoms with E-state index in [1.165, 1.54) is 20.2 Å². The number of esters is 5. The van der Waals surface area contributed by atoms with Crippen molar-refractivity contribution in [3.8, 4) is 0 Å². The van der Waals surface area contributed by atoms with E-state index in [-0.39, 0.29) is 86.9 Å². The number of hydrogen-bond donors (Lipinski definition) is 4. The minimum Gasteiger partial charge on any atom is -0.459 e. The number of aliphatic hydroxyl groups excluding tert-OH is 1. The fraction of sp³-hybridized carbons (Fsp3) is 0.785. The number of nitrogens with zero attached hydrogens (tertiary/aromatic N) is 3. The number of carbonyl (C=O) groups excluding carboxylic acids is 5. The predicted molar refractivity (Wildman–Crippen MR) is 333 cm³/mol. The summed E-state index contributed by atoms with van der Waals surface area (Å²) in [4.78, 5) is 84.6. The number of ether oxygens (including phenoxy) is 11. The largest absolute Gasteiger partial charge is 0.459 e. The summed E-state index contributed by atoms with van der Waals surface area (Å²) in [5.74, 6) is -5.64. The maximum Gasteiger partial charge on any atom is 0.346 e. The zero-order chi connectivity index (χ0) is 67.1. The first-order chi connectivity index (χ1) is 42.0. The van der Waals surface area contributed by atoms with Gasteiger partial charge in [-0.2, -0.15) is 0 Å². The molecule has 18 atom stereocenters. The van der Waals surface area contributed by atoms with Gasteiger partial charge in [-0.05, 0) is 141 Å². The molecule has 1 unspecified atom stereocenters. The number of cyclic esters (lactones) is 1. The number of pyridine rings is 1. The zero-order valence-electron chi connectivity index (χ0n) is 56.2. The average Bonchev–Trinajstić information content (AvgIpc) is 1.86. The van der Waals surface area contributed by atoms with E-state index in [2.05, 4.69) is 5.32 Å². The Hall–Kier alpha value is -4.57. The lowest BCUT2D eigenvalue weighted by molar-refractivity contribution is -0.319. The number of carbonyl (C=O) groups is 5. The van der Waals surface area contributed by atoms with Crippen LogP contribution in [0, 0.1) is 23.2 Å². The van der Waals surface area contributed by atoms with E-state index in [1.807, 2.05) is 49.4 Å². The number of benzene rings is 1. The molecule has 1 saturated carbocycles. The maximum atomic E-state index is 14.8. The molecule has 0 bridgehead atoms. The number of fused-ring (bicyclic) bond motifs is 1. The number of methoxy groups -OCH3 is 1. The van der Waals surface area contributed by atoms with Crippen LogP contribution in [0.25, 0.3) is 10.9 Å². The van der Waals surface area contributed by atoms with E-state index < -0.39 is 137 Å². The number of likely N-dealkylation sites (N-methyl/N-ethyl adjacent to an activating group) is 2. The van der Waals surface area contributed by atoms with Crippen molar-refractivity contribution in [2.45, 2.75) is 245 Å². The minimum absolute atomic E-state index is 0.0185. The van der Waals surface area contributed by atoms with Gasteiger partial charge in [-0.15, -0.1) is 0 Å². The Balaban J connectivity index is 1.18. The molecule has 4 fully saturated rings. The van der Waals surface area contributed by atoms with Crippen LogP contribution in [0.2, 0.25) is 5.02 Å². The Morgan fingerprint density at radius 2 is 1.57 bits per heavy atom. The molecule has 0 spiro atoms. The van der Waals surface area contributed by atoms with Crippen LogP contribution in [0.5, 0.6) is 0 Å². The quantitative estimate of drug-likeness (QED) is 0.0426. The fourth-order valence-electron chi connectivity index (χ4n) is 12.7. The van der Waals surface area contributed by atoms with Crippen LogP contribution < -0.4 is 10.7 Å². The molecular weight excluding hydrogens is 1190 g/mol. The summed E-state index contributed by atoms with van der Waals surface area (Å²) in [5, 5.41) is 40.5. The molecular formula is C65H103ClN4O20. The third-order valence-corrected chi connectivity index (χ3v) is 18.6. The average molecular weight is 1300 g/mol. The summed E-state index contributed by atoms with van der Waals surface area (Å²) < 4.78 is 69.6. The molecule has 3 saturated heterocycles. The molecule has 90 heavy (non-hydrogen) atoms. The minimum atomic E-state index is -1.90. The Bertz CT molecular complexity index is 2840. The van der Waals surface area contributed by atoms with Gasteiger partial charge in [-0.25, -0.2) is 4.79 Å². The molecule has 4 aliphatic rings. The van der Waals surface area contributed by atoms with Gasteiger partial charge in [0.1, 0.15) is 29.0 Å². The van der Waals surface area contributed by atoms with E-state index in [9.17, 15) is 44.1 Å². The van der Waals surface area contributed by atoms with E-state index in [4.69, 9.17) is 63.7 Å². The van der Waals surface area contributed by atoms with Crippen LogP contribution in [0.4, 0.5) is 5.69 Å². The summed E-state index contributed by atoms with van der Waals surface area (Å²) in [6.07, 6.45) is -6.46. The van der Waals surface area contributed by atoms with E-state index in [0.717, 1.165) is 12.8 Å². The molecule has 24 nitrogen and oxygen atoms in total. The van der Waals surface area contributed by atoms with E-state index in [0.29, 0.717) is 29.2 Å². The van der Waals surface area contributed by atoms with Crippen LogP contribution in [-0.4, -0.2) is 211 Å². The number of rotatable bonds is 21. The van der Waals surface area contributed by atoms with E-state index in [1.54, 1.807) is 88.3 Å². The summed E-state index contributed by atoms with van der Waals surface area (Å²) in [6.45, 7) is 24.1. The van der Waals surface area contributed by atoms with Gasteiger partial charge < -0.3 is 87.1 Å². The van der Waals surface area contributed by atoms with Crippen molar-refractivity contribution in [2.75, 3.05) is 66.7 Å². The van der Waals surface area contributed by atoms with Crippen LogP contribution in [-0.2, 0) is 71.3 Å². The number of hydrogen-bond acceptors (Lipinski definition) is 23. The summed E-state index contributed by atoms with van der Waals surface area (Å²) >= 11 is 6.74. The van der Waals surface area contributed by atoms with Gasteiger partial charge in [0, 0.05) is 62.6 Å². The molecule has 6 rings (SSSR count). The Kier molecular flexibility index (Phi) is 25.7. The van der Waals surface area contributed by atoms with Crippen molar-refractivity contribution in [3.63, 3.8) is 0 Å². The maximum absolute atomic E-state index is 14.8. The van der Waals surface area contributed by atoms with Crippen LogP contribution in [0.15, 0.2) is 23.1 Å². The summed E-state index contributed by atoms with van der Waals surface area (Å²) in [6, 6.07) is 2.32. The van der Waals surface area contributed by atoms with Crippen LogP contribution in [0.1, 0.15) is 165 Å². The van der Waals surface area contributed by atoms with Crippen molar-refractivity contribution in [2.24, 2.45) is 23.2 Å². The standard InChI is InChI=1S/C65H103ClN4O20/c1-19-48-65(14,79)55(74)39(7)69(17)32-35(3)30-63(12,78)56(90-60-54(87-49(71)20-2)47(68(15)16)27-36(4)84-60)37(5)53(38(6)58(75)86-48)89-51-31-64(13,80-18)57(40(8)85-51)88-50(72)23-25-81-26-24-67-45-28-42-46(29-44(45)66)70(41-21-22-41)33-43(52(42)73)59(76)82-34-83-61(77)62(9,10)11/h28-29,33,35-41,47-48,51,53-57,60,67,74,78-79H,19-27,30-32,34H2,1-18H3/t35-,36-,37+,38-,39-,40+,47+,48-,51+,53+,54-,55-,56-,57+,60?,63-,64-,65-/m1/s1. The molecule has 4 N–H and O–H groups in total. The Morgan fingerprint density at radius 3 is 2.18 bits per heavy atom. The molecule has 25 heteroatoms. The topological polar surface area (TPSA) is 288 Å². The number of halogens is 1. The number of aliphatic hydroxyl groups is 3. The second kappa shape index (κ2) is 31.1. The number of anilines is 1. The van der Waals surface area contributed by atoms with Gasteiger partial charge in [-0.1, -0.05) is 39.3 Å². The molecule has 0 radical (unpaired) electrons. The molecule has 510 valence electrons. The highest BCUT2D eigenvalue weighted by Crippen LogP contribution is 2.43. The van der Waals surface area contributed by atoms with Crippen molar-refractivity contribution in [3.05, 3.63) is 39.1 Å². The molecule has 4 heterocycles. The molecule has 2 aromatic rings. The lowest BCUT2D eigenvalue weighted by Crippen LogP contribution is -2.61. The van der Waals surface area contributed by atoms with Gasteiger partial charge in [0.05, 0.1) is 83.3 Å². The lowest BCUT2D eigenvalue weighted by atomic mass is 9.77. The van der Waals surface area contributed by atoms with Gasteiger partial charge in [0.2, 0.25) is 12.2 Å². The molecule has 1 aliphatic carbocycles. The van der Waals surface area contributed by atoms with Gasteiger partial charge in [-0.3, -0.25) is 24.0 Å². The first-order valence-electron chi connectivity index (χ1n) is 31.8. The normalized spacial score (nSPS) is 34.4. The third-order valence-electron chi connectivity index (χ3n) is 18.2. The Morgan fingerprint density at radius 1 is 0.889 bits per heavy atom. The van der Waals surface area contributed by atoms with E-state index >= 15 is 0 Å². The molecule has 1 aromatic carbocycles. The number of aromatic nitrogens is 1. The lowest BCUT2D eigenvalue weighted by Gasteiger charge is -2.49. The Labute approximate surface area is 535 Å². The first-order valence-corrected chi connectivity index (χ1v) is 32.2. The third kappa shape index (κ3) is 18.2. The zero-order valence-corrected chi connectivity index (χ0v) is 56.9. The monoisotopic (exact) mass is 1290 g/mol. The highest BCUT2D eigenvalue weighted by molar-refractivity contribution is 6.34. The summed E-state index contributed by atoms with van der Waals surface area (Å²) in [7, 11) is 7.06. The van der Waals surface area contributed by atoms with Crippen molar-refractivity contribution in [1.29, 1.82) is 0 Å². The summed E-state index contributed by atoms with van der Waals surface area (Å²) in [5.41, 5.74) is -5.50. The van der Waals surface area contributed by atoms with Gasteiger partial charge >= 0.3 is 29.8 Å². The second-order valence-electron chi connectivity index (χ2n) is 27.3. The van der Waals surface area contributed by atoms with Gasteiger partial charge in [0.15, 0.2) is 24.8 Å². The second-order valence-corrected chi connectivity index (χ2v) is 27.7. The first kappa shape index (κ1) is 74.5. The van der Waals surface area contributed by atoms with Crippen molar-refractivity contribution < 1.29 is 91.4 Å². The van der Waals surface area contributed by atoms with Crippen molar-refractivity contribution in [1.82, 2.24) is 14.4 Å². The van der Waals surface area contributed by atoms with Crippen LogP contribution in [0.3, 0.4) is 0 Å². The highest BCUT2D eigenvalue weighted by atomic mass is 35.5. The molecule has 3 aliphatic heterocycles. The van der Waals surface area contributed by atoms with Crippen LogP contribution >= 0.6 is 11.6 Å². The highest BCUT2D eigenvalue weighted by Gasteiger charge is 2.54. The number of nitrogens with one attached hydrogen (secondary N) is 1.